The van der Waals surface area contributed by atoms with Gasteiger partial charge in [-0.2, -0.15) is 4.31 Å². The Balaban J connectivity index is 1.42. The number of piperidine rings is 1. The quantitative estimate of drug-likeness (QED) is 0.710. The first-order valence-corrected chi connectivity index (χ1v) is 10.9. The number of aromatic nitrogens is 1. The van der Waals surface area contributed by atoms with Crippen LogP contribution in [0, 0.1) is 11.7 Å². The van der Waals surface area contributed by atoms with Gasteiger partial charge in [0.15, 0.2) is 0 Å². The lowest BCUT2D eigenvalue weighted by Crippen LogP contribution is -2.41. The minimum atomic E-state index is -3.68. The van der Waals surface area contributed by atoms with Crippen LogP contribution in [0.1, 0.15) is 12.8 Å². The Morgan fingerprint density at radius 1 is 1.07 bits per heavy atom. The van der Waals surface area contributed by atoms with Crippen LogP contribution in [0.4, 0.5) is 10.1 Å². The number of aryl methyl sites for hydroxylation is 1. The molecule has 0 atom stereocenters. The van der Waals surface area contributed by atoms with Crippen LogP contribution in [0.25, 0.3) is 10.9 Å². The molecular weight excluding hydrogens is 393 g/mol. The van der Waals surface area contributed by atoms with E-state index < -0.39 is 15.8 Å². The molecule has 1 aliphatic heterocycles. The zero-order chi connectivity index (χ0) is 20.6. The Kier molecular flexibility index (Phi) is 5.14. The zero-order valence-corrected chi connectivity index (χ0v) is 16.8. The Hall–Kier alpha value is -2.71. The van der Waals surface area contributed by atoms with E-state index in [-0.39, 0.29) is 29.8 Å². The highest BCUT2D eigenvalue weighted by Gasteiger charge is 2.32. The predicted molar refractivity (Wildman–Crippen MR) is 109 cm³/mol. The van der Waals surface area contributed by atoms with E-state index >= 15 is 0 Å². The molecule has 1 amide bonds. The number of anilines is 1. The lowest BCUT2D eigenvalue weighted by molar-refractivity contribution is -0.120. The largest absolute Gasteiger partial charge is 0.350 e. The normalized spacial score (nSPS) is 16.2. The molecule has 2 aromatic carbocycles. The van der Waals surface area contributed by atoms with E-state index in [9.17, 15) is 17.6 Å². The summed E-state index contributed by atoms with van der Waals surface area (Å²) in [4.78, 5) is 12.8. The van der Waals surface area contributed by atoms with Crippen molar-refractivity contribution in [2.75, 3.05) is 18.4 Å². The van der Waals surface area contributed by atoms with Gasteiger partial charge in [0, 0.05) is 43.2 Å². The maximum atomic E-state index is 13.1. The first-order chi connectivity index (χ1) is 13.9. The number of nitrogens with zero attached hydrogens (tertiary/aromatic N) is 2. The lowest BCUT2D eigenvalue weighted by atomic mass is 9.97. The molecule has 0 radical (unpaired) electrons. The standard InChI is InChI=1S/C21H22FN3O3S/c1-24-12-11-18-19(3-2-4-20(18)24)23-21(26)15-9-13-25(14-10-15)29(27,28)17-7-5-16(22)6-8-17/h2-8,11-12,15H,9-10,13-14H2,1H3,(H,23,26). The van der Waals surface area contributed by atoms with E-state index in [0.29, 0.717) is 12.8 Å². The van der Waals surface area contributed by atoms with Gasteiger partial charge in [-0.25, -0.2) is 12.8 Å². The summed E-state index contributed by atoms with van der Waals surface area (Å²) in [5.41, 5.74) is 1.79. The summed E-state index contributed by atoms with van der Waals surface area (Å²) in [6.45, 7) is 0.515. The number of hydrogen-bond donors (Lipinski definition) is 1. The molecule has 1 aromatic heterocycles. The van der Waals surface area contributed by atoms with Gasteiger partial charge >= 0.3 is 0 Å². The summed E-state index contributed by atoms with van der Waals surface area (Å²) in [6.07, 6.45) is 2.83. The van der Waals surface area contributed by atoms with Crippen molar-refractivity contribution in [3.8, 4) is 0 Å². The van der Waals surface area contributed by atoms with Gasteiger partial charge in [-0.15, -0.1) is 0 Å². The fourth-order valence-corrected chi connectivity index (χ4v) is 5.23. The number of sulfonamides is 1. The number of hydrogen-bond acceptors (Lipinski definition) is 3. The van der Waals surface area contributed by atoms with Crippen molar-refractivity contribution in [2.45, 2.75) is 17.7 Å². The van der Waals surface area contributed by atoms with Crippen LogP contribution in [0.5, 0.6) is 0 Å². The van der Waals surface area contributed by atoms with Crippen molar-refractivity contribution in [1.29, 1.82) is 0 Å². The molecule has 1 N–H and O–H groups in total. The molecule has 0 unspecified atom stereocenters. The Morgan fingerprint density at radius 3 is 2.45 bits per heavy atom. The van der Waals surface area contributed by atoms with Crippen LogP contribution in [0.15, 0.2) is 59.6 Å². The summed E-state index contributed by atoms with van der Waals surface area (Å²) >= 11 is 0. The highest BCUT2D eigenvalue weighted by Crippen LogP contribution is 2.27. The lowest BCUT2D eigenvalue weighted by Gasteiger charge is -2.30. The Morgan fingerprint density at radius 2 is 1.76 bits per heavy atom. The number of rotatable bonds is 4. The number of amides is 1. The minimum absolute atomic E-state index is 0.0672. The van der Waals surface area contributed by atoms with Crippen molar-refractivity contribution >= 4 is 32.5 Å². The van der Waals surface area contributed by atoms with E-state index in [1.54, 1.807) is 0 Å². The maximum Gasteiger partial charge on any atom is 0.243 e. The van der Waals surface area contributed by atoms with E-state index in [1.165, 1.54) is 16.4 Å². The number of fused-ring (bicyclic) bond motifs is 1. The third kappa shape index (κ3) is 3.77. The van der Waals surface area contributed by atoms with Crippen LogP contribution in [0.2, 0.25) is 0 Å². The van der Waals surface area contributed by atoms with Gasteiger partial charge in [0.1, 0.15) is 5.82 Å². The van der Waals surface area contributed by atoms with Gasteiger partial charge in [-0.05, 0) is 55.3 Å². The first-order valence-electron chi connectivity index (χ1n) is 9.47. The summed E-state index contributed by atoms with van der Waals surface area (Å²) in [7, 11) is -1.73. The Labute approximate surface area is 169 Å². The van der Waals surface area contributed by atoms with Gasteiger partial charge in [0.05, 0.1) is 10.6 Å². The second-order valence-corrected chi connectivity index (χ2v) is 9.22. The second-order valence-electron chi connectivity index (χ2n) is 7.29. The van der Waals surface area contributed by atoms with Crippen LogP contribution < -0.4 is 5.32 Å². The molecule has 0 aliphatic carbocycles. The molecule has 4 rings (SSSR count). The number of halogens is 1. The fraction of sp³-hybridized carbons (Fsp3) is 0.286. The van der Waals surface area contributed by atoms with Gasteiger partial charge in [-0.1, -0.05) is 6.07 Å². The smallest absolute Gasteiger partial charge is 0.243 e. The first kappa shape index (κ1) is 19.6. The van der Waals surface area contributed by atoms with Gasteiger partial charge in [0.2, 0.25) is 15.9 Å². The SMILES string of the molecule is Cn1ccc2c(NC(=O)C3CCN(S(=O)(=O)c4ccc(F)cc4)CC3)cccc21. The van der Waals surface area contributed by atoms with Gasteiger partial charge in [-0.3, -0.25) is 4.79 Å². The average molecular weight is 415 g/mol. The molecule has 1 aliphatic rings. The predicted octanol–water partition coefficient (Wildman–Crippen LogP) is 3.36. The molecule has 6 nitrogen and oxygen atoms in total. The van der Waals surface area contributed by atoms with Crippen LogP contribution in [-0.2, 0) is 21.9 Å². The average Bonchev–Trinajstić information content (AvgIpc) is 3.10. The molecule has 1 fully saturated rings. The van der Waals surface area contributed by atoms with E-state index in [0.717, 1.165) is 28.7 Å². The highest BCUT2D eigenvalue weighted by molar-refractivity contribution is 7.89. The number of carbonyl (C=O) groups is 1. The Bertz CT molecular complexity index is 1150. The third-order valence-corrected chi connectivity index (χ3v) is 7.37. The van der Waals surface area contributed by atoms with Crippen LogP contribution in [0.3, 0.4) is 0 Å². The highest BCUT2D eigenvalue weighted by atomic mass is 32.2. The molecule has 1 saturated heterocycles. The van der Waals surface area contributed by atoms with E-state index in [2.05, 4.69) is 5.32 Å². The molecule has 0 bridgehead atoms. The molecule has 29 heavy (non-hydrogen) atoms. The van der Waals surface area contributed by atoms with Crippen LogP contribution >= 0.6 is 0 Å². The van der Waals surface area contributed by atoms with Gasteiger partial charge in [0.25, 0.3) is 0 Å². The van der Waals surface area contributed by atoms with Crippen molar-refractivity contribution < 1.29 is 17.6 Å². The number of benzene rings is 2. The minimum Gasteiger partial charge on any atom is -0.350 e. The second kappa shape index (κ2) is 7.61. The van der Waals surface area contributed by atoms with Crippen LogP contribution in [-0.4, -0.2) is 36.3 Å². The van der Waals surface area contributed by atoms with E-state index in [4.69, 9.17) is 0 Å². The summed E-state index contributed by atoms with van der Waals surface area (Å²) in [5, 5.41) is 3.97. The summed E-state index contributed by atoms with van der Waals surface area (Å²) in [6, 6.07) is 12.5. The molecule has 2 heterocycles. The zero-order valence-electron chi connectivity index (χ0n) is 16.0. The maximum absolute atomic E-state index is 13.1. The molecule has 152 valence electrons. The fourth-order valence-electron chi connectivity index (χ4n) is 3.76. The van der Waals surface area contributed by atoms with Crippen molar-refractivity contribution in [2.24, 2.45) is 13.0 Å². The number of nitrogens with one attached hydrogen (secondary N) is 1. The monoisotopic (exact) mass is 415 g/mol. The molecule has 0 saturated carbocycles. The van der Waals surface area contributed by atoms with Crippen molar-refractivity contribution in [1.82, 2.24) is 8.87 Å². The molecule has 8 heteroatoms. The topological polar surface area (TPSA) is 71.4 Å². The van der Waals surface area contributed by atoms with Crippen molar-refractivity contribution in [3.63, 3.8) is 0 Å². The van der Waals surface area contributed by atoms with Gasteiger partial charge < -0.3 is 9.88 Å². The molecular formula is C21H22FN3O3S. The number of carbonyl (C=O) groups excluding carboxylic acids is 1. The third-order valence-electron chi connectivity index (χ3n) is 5.46. The van der Waals surface area contributed by atoms with E-state index in [1.807, 2.05) is 42.1 Å². The van der Waals surface area contributed by atoms with Crippen molar-refractivity contribution in [3.05, 3.63) is 60.5 Å². The summed E-state index contributed by atoms with van der Waals surface area (Å²) < 4.78 is 41.9. The summed E-state index contributed by atoms with van der Waals surface area (Å²) in [5.74, 6) is -0.832. The molecule has 3 aromatic rings. The molecule has 0 spiro atoms.